The fraction of sp³-hybridized carbons (Fsp3) is 0.789. The van der Waals surface area contributed by atoms with Crippen molar-refractivity contribution in [2.45, 2.75) is 52.6 Å². The van der Waals surface area contributed by atoms with Gasteiger partial charge in [0.15, 0.2) is 0 Å². The number of hydrogen-bond donors (Lipinski definition) is 0. The molecule has 0 N–H and O–H groups in total. The molecule has 3 heterocycles. The number of rotatable bonds is 8. The summed E-state index contributed by atoms with van der Waals surface area (Å²) in [6, 6.07) is 1.83. The Balaban J connectivity index is 1.55. The SMILES string of the molecule is CCS(=O)(=O)N(CCN1CCCCC1)C1CN(C(=O)Cn2nc(C)cc2C)C1. The van der Waals surface area contributed by atoms with Gasteiger partial charge in [-0.3, -0.25) is 9.48 Å². The maximum Gasteiger partial charge on any atom is 0.244 e. The van der Waals surface area contributed by atoms with Gasteiger partial charge < -0.3 is 9.80 Å². The van der Waals surface area contributed by atoms with Gasteiger partial charge in [-0.1, -0.05) is 6.42 Å². The highest BCUT2D eigenvalue weighted by molar-refractivity contribution is 7.89. The van der Waals surface area contributed by atoms with Crippen molar-refractivity contribution in [3.63, 3.8) is 0 Å². The number of likely N-dealkylation sites (tertiary alicyclic amines) is 2. The second-order valence-corrected chi connectivity index (χ2v) is 10.2. The molecule has 1 aromatic rings. The molecule has 0 aliphatic carbocycles. The average molecular weight is 412 g/mol. The van der Waals surface area contributed by atoms with E-state index in [2.05, 4.69) is 10.00 Å². The fourth-order valence-electron chi connectivity index (χ4n) is 4.04. The average Bonchev–Trinajstić information content (AvgIpc) is 2.94. The van der Waals surface area contributed by atoms with Crippen LogP contribution in [0.15, 0.2) is 6.07 Å². The number of nitrogens with zero attached hydrogens (tertiary/aromatic N) is 5. The van der Waals surface area contributed by atoms with Gasteiger partial charge in [-0.25, -0.2) is 8.42 Å². The first-order valence-electron chi connectivity index (χ1n) is 10.3. The van der Waals surface area contributed by atoms with Gasteiger partial charge in [-0.05, 0) is 52.8 Å². The Morgan fingerprint density at radius 3 is 2.46 bits per heavy atom. The van der Waals surface area contributed by atoms with Crippen molar-refractivity contribution >= 4 is 15.9 Å². The molecule has 0 unspecified atom stereocenters. The van der Waals surface area contributed by atoms with Gasteiger partial charge >= 0.3 is 0 Å². The summed E-state index contributed by atoms with van der Waals surface area (Å²) in [6.45, 7) is 10.1. The van der Waals surface area contributed by atoms with Crippen LogP contribution in [0.2, 0.25) is 0 Å². The third-order valence-corrected chi connectivity index (χ3v) is 7.74. The maximum atomic E-state index is 12.6. The Kier molecular flexibility index (Phi) is 6.77. The van der Waals surface area contributed by atoms with Crippen LogP contribution in [0.1, 0.15) is 37.6 Å². The topological polar surface area (TPSA) is 78.8 Å². The fourth-order valence-corrected chi connectivity index (χ4v) is 5.32. The zero-order chi connectivity index (χ0) is 20.3. The Bertz CT molecular complexity index is 779. The number of carbonyl (C=O) groups excluding carboxylic acids is 1. The van der Waals surface area contributed by atoms with Gasteiger partial charge in [0.05, 0.1) is 17.5 Å². The highest BCUT2D eigenvalue weighted by Crippen LogP contribution is 2.20. The highest BCUT2D eigenvalue weighted by atomic mass is 32.2. The molecule has 9 heteroatoms. The quantitative estimate of drug-likeness (QED) is 0.634. The maximum absolute atomic E-state index is 12.6. The van der Waals surface area contributed by atoms with Crippen molar-refractivity contribution in [1.82, 2.24) is 23.9 Å². The Morgan fingerprint density at radius 1 is 1.21 bits per heavy atom. The number of amides is 1. The first-order valence-corrected chi connectivity index (χ1v) is 11.9. The van der Waals surface area contributed by atoms with E-state index >= 15 is 0 Å². The minimum atomic E-state index is -3.28. The number of aromatic nitrogens is 2. The van der Waals surface area contributed by atoms with Crippen molar-refractivity contribution in [1.29, 1.82) is 0 Å². The second kappa shape index (κ2) is 8.92. The molecule has 3 rings (SSSR count). The molecule has 158 valence electrons. The summed E-state index contributed by atoms with van der Waals surface area (Å²) in [5.41, 5.74) is 1.85. The van der Waals surface area contributed by atoms with Gasteiger partial charge in [0.25, 0.3) is 0 Å². The Morgan fingerprint density at radius 2 is 1.89 bits per heavy atom. The molecule has 8 nitrogen and oxygen atoms in total. The van der Waals surface area contributed by atoms with Crippen molar-refractivity contribution < 1.29 is 13.2 Å². The summed E-state index contributed by atoms with van der Waals surface area (Å²) >= 11 is 0. The largest absolute Gasteiger partial charge is 0.338 e. The van der Waals surface area contributed by atoms with Crippen LogP contribution in [0, 0.1) is 13.8 Å². The lowest BCUT2D eigenvalue weighted by Gasteiger charge is -2.45. The van der Waals surface area contributed by atoms with Crippen LogP contribution in [0.25, 0.3) is 0 Å². The van der Waals surface area contributed by atoms with Crippen molar-refractivity contribution in [2.24, 2.45) is 0 Å². The predicted octanol–water partition coefficient (Wildman–Crippen LogP) is 0.848. The Labute approximate surface area is 168 Å². The number of aryl methyl sites for hydroxylation is 2. The van der Waals surface area contributed by atoms with Crippen molar-refractivity contribution in [2.75, 3.05) is 45.0 Å². The molecule has 2 saturated heterocycles. The summed E-state index contributed by atoms with van der Waals surface area (Å²) in [7, 11) is -3.28. The number of hydrogen-bond acceptors (Lipinski definition) is 5. The lowest BCUT2D eigenvalue weighted by molar-refractivity contribution is -0.138. The van der Waals surface area contributed by atoms with E-state index in [0.717, 1.165) is 31.0 Å². The normalized spacial score (nSPS) is 19.2. The van der Waals surface area contributed by atoms with Crippen molar-refractivity contribution in [3.8, 4) is 0 Å². The molecule has 0 aromatic carbocycles. The first kappa shape index (κ1) is 21.3. The number of carbonyl (C=O) groups is 1. The highest BCUT2D eigenvalue weighted by Gasteiger charge is 2.39. The van der Waals surface area contributed by atoms with Gasteiger partial charge in [-0.15, -0.1) is 0 Å². The minimum Gasteiger partial charge on any atom is -0.338 e. The van der Waals surface area contributed by atoms with Crippen LogP contribution in [0.3, 0.4) is 0 Å². The molecular formula is C19H33N5O3S. The van der Waals surface area contributed by atoms with E-state index in [1.807, 2.05) is 19.9 Å². The van der Waals surface area contributed by atoms with E-state index in [-0.39, 0.29) is 24.2 Å². The van der Waals surface area contributed by atoms with Gasteiger partial charge in [0, 0.05) is 31.9 Å². The second-order valence-electron chi connectivity index (χ2n) is 7.95. The molecular weight excluding hydrogens is 378 g/mol. The summed E-state index contributed by atoms with van der Waals surface area (Å²) in [4.78, 5) is 16.6. The van der Waals surface area contributed by atoms with Crippen LogP contribution in [0.4, 0.5) is 0 Å². The van der Waals surface area contributed by atoms with Crippen LogP contribution in [-0.2, 0) is 21.4 Å². The molecule has 0 bridgehead atoms. The molecule has 0 radical (unpaired) electrons. The van der Waals surface area contributed by atoms with E-state index < -0.39 is 10.0 Å². The first-order chi connectivity index (χ1) is 13.3. The van der Waals surface area contributed by atoms with E-state index in [0.29, 0.717) is 19.6 Å². The molecule has 0 saturated carbocycles. The smallest absolute Gasteiger partial charge is 0.244 e. The molecule has 2 fully saturated rings. The van der Waals surface area contributed by atoms with E-state index in [1.165, 1.54) is 19.3 Å². The van der Waals surface area contributed by atoms with Crippen LogP contribution in [-0.4, -0.2) is 89.3 Å². The summed E-state index contributed by atoms with van der Waals surface area (Å²) in [6.07, 6.45) is 3.65. The van der Waals surface area contributed by atoms with Crippen LogP contribution < -0.4 is 0 Å². The summed E-state index contributed by atoms with van der Waals surface area (Å²) < 4.78 is 28.6. The van der Waals surface area contributed by atoms with Gasteiger partial charge in [-0.2, -0.15) is 9.40 Å². The molecule has 2 aliphatic heterocycles. The monoisotopic (exact) mass is 411 g/mol. The third kappa shape index (κ3) is 4.93. The third-order valence-electron chi connectivity index (χ3n) is 5.82. The molecule has 0 spiro atoms. The summed E-state index contributed by atoms with van der Waals surface area (Å²) in [5.74, 6) is 0.0933. The van der Waals surface area contributed by atoms with E-state index in [1.54, 1.807) is 20.8 Å². The van der Waals surface area contributed by atoms with Crippen LogP contribution in [0.5, 0.6) is 0 Å². The Hall–Kier alpha value is -1.45. The standard InChI is InChI=1S/C19H33N5O3S/c1-4-28(26,27)24(11-10-21-8-6-5-7-9-21)18-13-22(14-18)19(25)15-23-17(3)12-16(2)20-23/h12,18H,4-11,13-15H2,1-3H3. The zero-order valence-electron chi connectivity index (χ0n) is 17.3. The van der Waals surface area contributed by atoms with Crippen molar-refractivity contribution in [3.05, 3.63) is 17.5 Å². The number of piperidine rings is 1. The lowest BCUT2D eigenvalue weighted by Crippen LogP contribution is -2.63. The molecule has 0 atom stereocenters. The predicted molar refractivity (Wildman–Crippen MR) is 109 cm³/mol. The minimum absolute atomic E-state index is 0.00710. The summed E-state index contributed by atoms with van der Waals surface area (Å²) in [5, 5.41) is 4.34. The van der Waals surface area contributed by atoms with E-state index in [9.17, 15) is 13.2 Å². The van der Waals surface area contributed by atoms with Gasteiger partial charge in [0.1, 0.15) is 6.54 Å². The molecule has 28 heavy (non-hydrogen) atoms. The van der Waals surface area contributed by atoms with Gasteiger partial charge in [0.2, 0.25) is 15.9 Å². The van der Waals surface area contributed by atoms with Crippen LogP contribution >= 0.6 is 0 Å². The molecule has 1 amide bonds. The number of sulfonamides is 1. The zero-order valence-corrected chi connectivity index (χ0v) is 18.1. The lowest BCUT2D eigenvalue weighted by atomic mass is 10.1. The molecule has 1 aromatic heterocycles. The molecule has 2 aliphatic rings. The van der Waals surface area contributed by atoms with E-state index in [4.69, 9.17) is 0 Å².